The van der Waals surface area contributed by atoms with Gasteiger partial charge in [0.05, 0.1) is 18.9 Å². The monoisotopic (exact) mass is 482 g/mol. The number of benzene rings is 1. The molecule has 0 bridgehead atoms. The Morgan fingerprint density at radius 3 is 2.49 bits per heavy atom. The van der Waals surface area contributed by atoms with Crippen LogP contribution in [0.2, 0.25) is 0 Å². The molecule has 1 aliphatic carbocycles. The van der Waals surface area contributed by atoms with Crippen molar-refractivity contribution in [3.8, 4) is 5.75 Å². The molecule has 2 fully saturated rings. The fraction of sp³-hybridized carbons (Fsp3) is 0.577. The molecule has 4 rings (SSSR count). The lowest BCUT2D eigenvalue weighted by atomic mass is 9.89. The summed E-state index contributed by atoms with van der Waals surface area (Å²) in [6, 6.07) is 6.25. The number of rotatable bonds is 8. The molecule has 1 amide bonds. The maximum atomic E-state index is 12.2. The van der Waals surface area contributed by atoms with Crippen LogP contribution in [0.1, 0.15) is 73.1 Å². The summed E-state index contributed by atoms with van der Waals surface area (Å²) in [5.74, 6) is 1.63. The summed E-state index contributed by atoms with van der Waals surface area (Å²) in [4.78, 5) is 23.9. The molecule has 0 atom stereocenters. The summed E-state index contributed by atoms with van der Waals surface area (Å²) in [5.41, 5.74) is 8.45. The zero-order valence-corrected chi connectivity index (χ0v) is 21.0. The van der Waals surface area contributed by atoms with E-state index in [1.54, 1.807) is 7.11 Å². The van der Waals surface area contributed by atoms with E-state index in [9.17, 15) is 9.90 Å². The number of hydrogen-bond acceptors (Lipinski definition) is 8. The van der Waals surface area contributed by atoms with Gasteiger partial charge in [0.15, 0.2) is 11.5 Å². The first-order valence-electron chi connectivity index (χ1n) is 12.7. The van der Waals surface area contributed by atoms with Gasteiger partial charge in [0.2, 0.25) is 0 Å². The van der Waals surface area contributed by atoms with E-state index >= 15 is 0 Å². The molecule has 5 N–H and O–H groups in total. The molecule has 0 radical (unpaired) electrons. The van der Waals surface area contributed by atoms with Gasteiger partial charge >= 0.3 is 0 Å². The smallest absolute Gasteiger partial charge is 0.271 e. The molecule has 1 saturated carbocycles. The third-order valence-electron chi connectivity index (χ3n) is 7.23. The molecule has 9 nitrogen and oxygen atoms in total. The number of aryl methyl sites for hydroxylation is 1. The predicted molar refractivity (Wildman–Crippen MR) is 138 cm³/mol. The summed E-state index contributed by atoms with van der Waals surface area (Å²) in [7, 11) is 3.84. The number of likely N-dealkylation sites (tertiary alicyclic amines) is 1. The number of ether oxygens (including phenoxy) is 1. The van der Waals surface area contributed by atoms with Gasteiger partial charge in [-0.1, -0.05) is 13.0 Å². The lowest BCUT2D eigenvalue weighted by Gasteiger charge is -2.30. The summed E-state index contributed by atoms with van der Waals surface area (Å²) in [5, 5.41) is 16.6. The number of nitrogens with two attached hydrogens (primary N) is 1. The Hall–Kier alpha value is -2.91. The number of carbonyl (C=O) groups is 1. The van der Waals surface area contributed by atoms with E-state index < -0.39 is 5.91 Å². The van der Waals surface area contributed by atoms with Gasteiger partial charge in [-0.2, -0.15) is 0 Å². The minimum Gasteiger partial charge on any atom is -0.496 e. The Balaban J connectivity index is 1.60. The highest BCUT2D eigenvalue weighted by molar-refractivity contribution is 5.96. The number of amides is 1. The fourth-order valence-corrected chi connectivity index (χ4v) is 5.09. The largest absolute Gasteiger partial charge is 0.496 e. The molecule has 9 heteroatoms. The highest BCUT2D eigenvalue weighted by Crippen LogP contribution is 2.36. The van der Waals surface area contributed by atoms with Crippen LogP contribution < -0.4 is 21.1 Å². The number of methoxy groups -OCH3 is 1. The first-order chi connectivity index (χ1) is 16.9. The minimum absolute atomic E-state index is 0.116. The van der Waals surface area contributed by atoms with E-state index in [4.69, 9.17) is 15.5 Å². The molecule has 1 aromatic carbocycles. The van der Waals surface area contributed by atoms with E-state index in [0.29, 0.717) is 29.7 Å². The van der Waals surface area contributed by atoms with Crippen molar-refractivity contribution in [2.45, 2.75) is 69.9 Å². The molecule has 2 heterocycles. The third-order valence-corrected chi connectivity index (χ3v) is 7.23. The molecule has 190 valence electrons. The molecule has 1 saturated heterocycles. The fourth-order valence-electron chi connectivity index (χ4n) is 5.09. The Morgan fingerprint density at radius 2 is 1.86 bits per heavy atom. The van der Waals surface area contributed by atoms with Gasteiger partial charge in [-0.05, 0) is 82.6 Å². The topological polar surface area (TPSA) is 126 Å². The lowest BCUT2D eigenvalue weighted by Crippen LogP contribution is -2.29. The number of carbonyl (C=O) groups excluding carboxylic acids is 1. The van der Waals surface area contributed by atoms with Crippen molar-refractivity contribution >= 4 is 23.2 Å². The van der Waals surface area contributed by atoms with Crippen LogP contribution in [0.5, 0.6) is 5.75 Å². The number of hydrogen-bond donors (Lipinski definition) is 4. The van der Waals surface area contributed by atoms with Crippen molar-refractivity contribution in [2.75, 3.05) is 37.9 Å². The Bertz CT molecular complexity index is 1030. The maximum Gasteiger partial charge on any atom is 0.271 e. The van der Waals surface area contributed by atoms with Crippen molar-refractivity contribution in [1.82, 2.24) is 14.9 Å². The second kappa shape index (κ2) is 11.2. The number of aromatic nitrogens is 2. The summed E-state index contributed by atoms with van der Waals surface area (Å²) in [6.45, 7) is 4.13. The predicted octanol–water partition coefficient (Wildman–Crippen LogP) is 3.41. The number of primary amides is 1. The van der Waals surface area contributed by atoms with Crippen LogP contribution in [0.3, 0.4) is 0 Å². The Kier molecular flexibility index (Phi) is 8.07. The highest BCUT2D eigenvalue weighted by Gasteiger charge is 2.24. The third kappa shape index (κ3) is 6.02. The summed E-state index contributed by atoms with van der Waals surface area (Å²) < 4.78 is 5.74. The molecular weight excluding hydrogens is 444 g/mol. The second-order valence-electron chi connectivity index (χ2n) is 9.74. The molecular formula is C26H38N6O3. The molecule has 1 aromatic heterocycles. The van der Waals surface area contributed by atoms with E-state index in [-0.39, 0.29) is 17.8 Å². The number of aliphatic hydroxyl groups is 1. The van der Waals surface area contributed by atoms with Crippen LogP contribution in [0.25, 0.3) is 0 Å². The summed E-state index contributed by atoms with van der Waals surface area (Å²) in [6.07, 6.45) is 5.84. The van der Waals surface area contributed by atoms with Gasteiger partial charge in [0.25, 0.3) is 5.91 Å². The molecule has 0 unspecified atom stereocenters. The van der Waals surface area contributed by atoms with Crippen molar-refractivity contribution < 1.29 is 14.6 Å². The molecule has 1 aliphatic heterocycles. The number of aliphatic hydroxyl groups excluding tert-OH is 1. The number of nitrogens with one attached hydrogen (secondary N) is 2. The quantitative estimate of drug-likeness (QED) is 0.451. The highest BCUT2D eigenvalue weighted by atomic mass is 16.5. The van der Waals surface area contributed by atoms with Crippen molar-refractivity contribution in [3.05, 3.63) is 35.2 Å². The van der Waals surface area contributed by atoms with Crippen LogP contribution in [0.4, 0.5) is 17.3 Å². The van der Waals surface area contributed by atoms with E-state index in [0.717, 1.165) is 63.1 Å². The van der Waals surface area contributed by atoms with Crippen LogP contribution in [0.15, 0.2) is 18.2 Å². The van der Waals surface area contributed by atoms with E-state index in [1.807, 2.05) is 19.1 Å². The van der Waals surface area contributed by atoms with Gasteiger partial charge in [0, 0.05) is 17.8 Å². The van der Waals surface area contributed by atoms with Gasteiger partial charge in [-0.25, -0.2) is 9.97 Å². The molecule has 2 aliphatic rings. The molecule has 2 aromatic rings. The number of anilines is 3. The molecule has 0 spiro atoms. The average molecular weight is 483 g/mol. The normalized spacial score (nSPS) is 21.5. The second-order valence-corrected chi connectivity index (χ2v) is 9.74. The van der Waals surface area contributed by atoms with Crippen LogP contribution in [0, 0.1) is 0 Å². The zero-order valence-electron chi connectivity index (χ0n) is 21.0. The van der Waals surface area contributed by atoms with Crippen molar-refractivity contribution in [1.29, 1.82) is 0 Å². The summed E-state index contributed by atoms with van der Waals surface area (Å²) >= 11 is 0. The van der Waals surface area contributed by atoms with Gasteiger partial charge in [0.1, 0.15) is 11.6 Å². The Morgan fingerprint density at radius 1 is 1.14 bits per heavy atom. The minimum atomic E-state index is -0.628. The standard InChI is InChI=1S/C26H38N6O3/c1-4-21-25(28-17-5-8-19(33)9-6-17)31-26(23(30-21)24(27)34)29-18-7-10-20(22(15-18)35-3)16-11-13-32(2)14-12-16/h7,10,15-17,19,33H,4-6,8-9,11-14H2,1-3H3,(H2,27,34)(H2,28,29,31)/t17-,19-. The number of piperidine rings is 1. The SMILES string of the molecule is CCc1nc(C(N)=O)c(Nc2ccc(C3CCN(C)CC3)c(OC)c2)nc1N[C@H]1CC[C@H](O)CC1. The van der Waals surface area contributed by atoms with Crippen molar-refractivity contribution in [3.63, 3.8) is 0 Å². The van der Waals surface area contributed by atoms with E-state index in [2.05, 4.69) is 33.6 Å². The Labute approximate surface area is 207 Å². The van der Waals surface area contributed by atoms with Crippen LogP contribution in [-0.4, -0.2) is 65.3 Å². The van der Waals surface area contributed by atoms with Gasteiger partial charge in [-0.3, -0.25) is 4.79 Å². The van der Waals surface area contributed by atoms with Crippen LogP contribution >= 0.6 is 0 Å². The average Bonchev–Trinajstić information content (AvgIpc) is 2.86. The van der Waals surface area contributed by atoms with Crippen LogP contribution in [-0.2, 0) is 6.42 Å². The lowest BCUT2D eigenvalue weighted by molar-refractivity contribution is 0.0996. The first kappa shape index (κ1) is 25.2. The zero-order chi connectivity index (χ0) is 24.9. The van der Waals surface area contributed by atoms with Gasteiger partial charge < -0.3 is 31.1 Å². The first-order valence-corrected chi connectivity index (χ1v) is 12.7. The maximum absolute atomic E-state index is 12.2. The molecule has 35 heavy (non-hydrogen) atoms. The number of nitrogens with zero attached hydrogens (tertiary/aromatic N) is 3. The van der Waals surface area contributed by atoms with Crippen molar-refractivity contribution in [2.24, 2.45) is 5.73 Å². The van der Waals surface area contributed by atoms with Gasteiger partial charge in [-0.15, -0.1) is 0 Å². The van der Waals surface area contributed by atoms with E-state index in [1.165, 1.54) is 5.56 Å².